The van der Waals surface area contributed by atoms with E-state index in [1.165, 1.54) is 25.1 Å². The van der Waals surface area contributed by atoms with Gasteiger partial charge in [0.15, 0.2) is 0 Å². The highest BCUT2D eigenvalue weighted by Gasteiger charge is 2.25. The first-order chi connectivity index (χ1) is 9.60. The van der Waals surface area contributed by atoms with Crippen LogP contribution in [-0.2, 0) is 6.54 Å². The predicted molar refractivity (Wildman–Crippen MR) is 83.8 cm³/mol. The molecular formula is C16H30N4. The van der Waals surface area contributed by atoms with Gasteiger partial charge in [-0.05, 0) is 38.8 Å². The Morgan fingerprint density at radius 2 is 2.20 bits per heavy atom. The van der Waals surface area contributed by atoms with Crippen molar-refractivity contribution in [3.05, 3.63) is 18.0 Å². The molecule has 1 aliphatic heterocycles. The van der Waals surface area contributed by atoms with Gasteiger partial charge in [0.05, 0.1) is 5.69 Å². The molecule has 0 radical (unpaired) electrons. The SMILES string of the molecule is CCC(C)n1ccc(CN2CCCC2CNC(C)C)n1. The second-order valence-electron chi connectivity index (χ2n) is 6.37. The second-order valence-corrected chi connectivity index (χ2v) is 6.37. The van der Waals surface area contributed by atoms with Gasteiger partial charge in [-0.1, -0.05) is 20.8 Å². The fourth-order valence-corrected chi connectivity index (χ4v) is 2.81. The van der Waals surface area contributed by atoms with Crippen molar-refractivity contribution in [3.8, 4) is 0 Å². The Labute approximate surface area is 123 Å². The standard InChI is InChI=1S/C16H30N4/c1-5-14(4)20-10-8-15(18-20)12-19-9-6-7-16(19)11-17-13(2)3/h8,10,13-14,16-17H,5-7,9,11-12H2,1-4H3. The first kappa shape index (κ1) is 15.5. The lowest BCUT2D eigenvalue weighted by atomic mass is 10.2. The third-order valence-electron chi connectivity index (χ3n) is 4.33. The summed E-state index contributed by atoms with van der Waals surface area (Å²) in [5.74, 6) is 0. The van der Waals surface area contributed by atoms with Crippen LogP contribution in [0.2, 0.25) is 0 Å². The number of hydrogen-bond acceptors (Lipinski definition) is 3. The maximum Gasteiger partial charge on any atom is 0.0765 e. The summed E-state index contributed by atoms with van der Waals surface area (Å²) in [5.41, 5.74) is 1.21. The third-order valence-corrected chi connectivity index (χ3v) is 4.33. The first-order valence-corrected chi connectivity index (χ1v) is 8.11. The highest BCUT2D eigenvalue weighted by Crippen LogP contribution is 2.19. The Bertz CT molecular complexity index is 399. The van der Waals surface area contributed by atoms with E-state index in [-0.39, 0.29) is 0 Å². The Morgan fingerprint density at radius 3 is 2.90 bits per heavy atom. The quantitative estimate of drug-likeness (QED) is 0.832. The van der Waals surface area contributed by atoms with Crippen LogP contribution in [-0.4, -0.2) is 39.9 Å². The van der Waals surface area contributed by atoms with Gasteiger partial charge >= 0.3 is 0 Å². The maximum absolute atomic E-state index is 4.73. The van der Waals surface area contributed by atoms with Gasteiger partial charge in [0.2, 0.25) is 0 Å². The van der Waals surface area contributed by atoms with Gasteiger partial charge in [-0.15, -0.1) is 0 Å². The van der Waals surface area contributed by atoms with Crippen LogP contribution in [0, 0.1) is 0 Å². The molecule has 20 heavy (non-hydrogen) atoms. The number of likely N-dealkylation sites (tertiary alicyclic amines) is 1. The molecule has 1 fully saturated rings. The lowest BCUT2D eigenvalue weighted by Crippen LogP contribution is -2.39. The monoisotopic (exact) mass is 278 g/mol. The molecule has 0 amide bonds. The zero-order valence-corrected chi connectivity index (χ0v) is 13.5. The summed E-state index contributed by atoms with van der Waals surface area (Å²) in [6.07, 6.45) is 5.88. The van der Waals surface area contributed by atoms with Gasteiger partial charge in [0.25, 0.3) is 0 Å². The Balaban J connectivity index is 1.89. The van der Waals surface area contributed by atoms with Gasteiger partial charge in [-0.3, -0.25) is 9.58 Å². The number of aromatic nitrogens is 2. The van der Waals surface area contributed by atoms with Gasteiger partial charge in [-0.25, -0.2) is 0 Å². The summed E-state index contributed by atoms with van der Waals surface area (Å²) >= 11 is 0. The van der Waals surface area contributed by atoms with Crippen LogP contribution < -0.4 is 5.32 Å². The van der Waals surface area contributed by atoms with E-state index in [0.717, 1.165) is 19.5 Å². The molecule has 4 heteroatoms. The number of nitrogens with one attached hydrogen (secondary N) is 1. The molecule has 2 atom stereocenters. The molecule has 1 N–H and O–H groups in total. The fraction of sp³-hybridized carbons (Fsp3) is 0.812. The van der Waals surface area contributed by atoms with Crippen LogP contribution in [0.25, 0.3) is 0 Å². The molecule has 1 aliphatic rings. The van der Waals surface area contributed by atoms with Crippen LogP contribution in [0.1, 0.15) is 58.7 Å². The van der Waals surface area contributed by atoms with Gasteiger partial charge in [-0.2, -0.15) is 5.10 Å². The molecule has 0 spiro atoms. The van der Waals surface area contributed by atoms with Gasteiger partial charge in [0.1, 0.15) is 0 Å². The summed E-state index contributed by atoms with van der Waals surface area (Å²) in [7, 11) is 0. The zero-order chi connectivity index (χ0) is 14.5. The summed E-state index contributed by atoms with van der Waals surface area (Å²) < 4.78 is 2.10. The second kappa shape index (κ2) is 7.23. The summed E-state index contributed by atoms with van der Waals surface area (Å²) in [6, 6.07) is 3.92. The van der Waals surface area contributed by atoms with E-state index in [4.69, 9.17) is 5.10 Å². The van der Waals surface area contributed by atoms with Crippen molar-refractivity contribution in [2.24, 2.45) is 0 Å². The topological polar surface area (TPSA) is 33.1 Å². The molecule has 1 saturated heterocycles. The molecule has 0 aliphatic carbocycles. The molecule has 1 aromatic heterocycles. The highest BCUT2D eigenvalue weighted by molar-refractivity contribution is 5.01. The maximum atomic E-state index is 4.73. The van der Waals surface area contributed by atoms with Crippen molar-refractivity contribution < 1.29 is 0 Å². The summed E-state index contributed by atoms with van der Waals surface area (Å²) in [6.45, 7) is 12.2. The van der Waals surface area contributed by atoms with Crippen molar-refractivity contribution in [3.63, 3.8) is 0 Å². The zero-order valence-electron chi connectivity index (χ0n) is 13.5. The molecular weight excluding hydrogens is 248 g/mol. The van der Waals surface area contributed by atoms with Crippen molar-refractivity contribution in [1.29, 1.82) is 0 Å². The number of hydrogen-bond donors (Lipinski definition) is 1. The van der Waals surface area contributed by atoms with Crippen LogP contribution in [0.5, 0.6) is 0 Å². The van der Waals surface area contributed by atoms with E-state index in [2.05, 4.69) is 54.9 Å². The predicted octanol–water partition coefficient (Wildman–Crippen LogP) is 2.82. The molecule has 0 bridgehead atoms. The number of rotatable bonds is 7. The fourth-order valence-electron chi connectivity index (χ4n) is 2.81. The van der Waals surface area contributed by atoms with Gasteiger partial charge in [0, 0.05) is 37.4 Å². The Kier molecular flexibility index (Phi) is 5.61. The normalized spacial score (nSPS) is 21.8. The molecule has 2 unspecified atom stereocenters. The van der Waals surface area contributed by atoms with Crippen molar-refractivity contribution >= 4 is 0 Å². The lowest BCUT2D eigenvalue weighted by Gasteiger charge is -2.24. The van der Waals surface area contributed by atoms with E-state index in [0.29, 0.717) is 18.1 Å². The van der Waals surface area contributed by atoms with E-state index in [9.17, 15) is 0 Å². The van der Waals surface area contributed by atoms with E-state index >= 15 is 0 Å². The van der Waals surface area contributed by atoms with E-state index in [1.807, 2.05) is 0 Å². The molecule has 2 heterocycles. The molecule has 0 aromatic carbocycles. The lowest BCUT2D eigenvalue weighted by molar-refractivity contribution is 0.232. The van der Waals surface area contributed by atoms with Crippen molar-refractivity contribution in [2.75, 3.05) is 13.1 Å². The number of nitrogens with zero attached hydrogens (tertiary/aromatic N) is 3. The van der Waals surface area contributed by atoms with Crippen molar-refractivity contribution in [2.45, 2.75) is 71.6 Å². The van der Waals surface area contributed by atoms with Crippen LogP contribution in [0.15, 0.2) is 12.3 Å². The highest BCUT2D eigenvalue weighted by atomic mass is 15.3. The van der Waals surface area contributed by atoms with E-state index in [1.54, 1.807) is 0 Å². The smallest absolute Gasteiger partial charge is 0.0765 e. The molecule has 2 rings (SSSR count). The minimum Gasteiger partial charge on any atom is -0.313 e. The summed E-state index contributed by atoms with van der Waals surface area (Å²) in [4.78, 5) is 2.58. The summed E-state index contributed by atoms with van der Waals surface area (Å²) in [5, 5.41) is 8.30. The average Bonchev–Trinajstić information content (AvgIpc) is 3.05. The van der Waals surface area contributed by atoms with Crippen LogP contribution in [0.4, 0.5) is 0 Å². The van der Waals surface area contributed by atoms with Crippen molar-refractivity contribution in [1.82, 2.24) is 20.0 Å². The Hall–Kier alpha value is -0.870. The molecule has 4 nitrogen and oxygen atoms in total. The third kappa shape index (κ3) is 4.06. The van der Waals surface area contributed by atoms with Gasteiger partial charge < -0.3 is 5.32 Å². The molecule has 1 aromatic rings. The van der Waals surface area contributed by atoms with Crippen LogP contribution in [0.3, 0.4) is 0 Å². The first-order valence-electron chi connectivity index (χ1n) is 8.11. The Morgan fingerprint density at radius 1 is 1.40 bits per heavy atom. The van der Waals surface area contributed by atoms with Crippen LogP contribution >= 0.6 is 0 Å². The minimum atomic E-state index is 0.501. The molecule has 0 saturated carbocycles. The molecule has 114 valence electrons. The average molecular weight is 278 g/mol. The minimum absolute atomic E-state index is 0.501. The van der Waals surface area contributed by atoms with E-state index < -0.39 is 0 Å². The largest absolute Gasteiger partial charge is 0.313 e.